The van der Waals surface area contributed by atoms with Crippen LogP contribution in [0.2, 0.25) is 0 Å². The molecule has 0 aromatic heterocycles. The molecule has 0 radical (unpaired) electrons. The van der Waals surface area contributed by atoms with Crippen molar-refractivity contribution in [2.24, 2.45) is 5.73 Å². The smallest absolute Gasteiger partial charge is 0.137 e. The first-order chi connectivity index (χ1) is 7.07. The summed E-state index contributed by atoms with van der Waals surface area (Å²) in [6.07, 6.45) is 0.968. The maximum Gasteiger partial charge on any atom is 0.137 e. The number of benzene rings is 1. The Kier molecular flexibility index (Phi) is 2.83. The molecule has 82 valence electrons. The van der Waals surface area contributed by atoms with E-state index in [0.717, 1.165) is 5.56 Å². The molecule has 1 aliphatic rings. The summed E-state index contributed by atoms with van der Waals surface area (Å²) in [5.74, 6) is -0.276. The summed E-state index contributed by atoms with van der Waals surface area (Å²) in [7, 11) is 0. The second kappa shape index (κ2) is 3.85. The first-order valence-electron chi connectivity index (χ1n) is 4.91. The van der Waals surface area contributed by atoms with Gasteiger partial charge in [0.15, 0.2) is 0 Å². The standard InChI is InChI=1S/C11H13BrFNO/c12-9-2-1-7(3-10(9)13)11(6-14)4-8(15)5-11/h1-3,8,15H,4-6,14H2. The van der Waals surface area contributed by atoms with E-state index in [2.05, 4.69) is 15.9 Å². The summed E-state index contributed by atoms with van der Waals surface area (Å²) in [5.41, 5.74) is 6.37. The molecule has 1 aromatic rings. The minimum Gasteiger partial charge on any atom is -0.393 e. The Labute approximate surface area is 96.4 Å². The van der Waals surface area contributed by atoms with Crippen molar-refractivity contribution in [1.29, 1.82) is 0 Å². The van der Waals surface area contributed by atoms with Crippen LogP contribution < -0.4 is 5.73 Å². The molecule has 2 nitrogen and oxygen atoms in total. The number of rotatable bonds is 2. The molecule has 0 aliphatic heterocycles. The third kappa shape index (κ3) is 1.82. The lowest BCUT2D eigenvalue weighted by atomic mass is 9.63. The molecule has 0 unspecified atom stereocenters. The first-order valence-corrected chi connectivity index (χ1v) is 5.70. The average Bonchev–Trinajstić information content (AvgIpc) is 2.17. The number of aliphatic hydroxyl groups excluding tert-OH is 1. The van der Waals surface area contributed by atoms with E-state index in [1.165, 1.54) is 6.07 Å². The van der Waals surface area contributed by atoms with Gasteiger partial charge >= 0.3 is 0 Å². The van der Waals surface area contributed by atoms with Crippen molar-refractivity contribution in [1.82, 2.24) is 0 Å². The van der Waals surface area contributed by atoms with Gasteiger partial charge in [-0.25, -0.2) is 4.39 Å². The Hall–Kier alpha value is -0.450. The second-order valence-corrected chi connectivity index (χ2v) is 5.03. The Morgan fingerprint density at radius 2 is 2.20 bits per heavy atom. The van der Waals surface area contributed by atoms with E-state index in [-0.39, 0.29) is 17.3 Å². The van der Waals surface area contributed by atoms with Gasteiger partial charge in [-0.3, -0.25) is 0 Å². The zero-order valence-electron chi connectivity index (χ0n) is 8.21. The summed E-state index contributed by atoms with van der Waals surface area (Å²) in [6, 6.07) is 5.06. The van der Waals surface area contributed by atoms with Crippen LogP contribution in [0.1, 0.15) is 18.4 Å². The highest BCUT2D eigenvalue weighted by atomic mass is 79.9. The van der Waals surface area contributed by atoms with Crippen LogP contribution in [-0.4, -0.2) is 17.8 Å². The zero-order chi connectivity index (χ0) is 11.1. The monoisotopic (exact) mass is 273 g/mol. The number of nitrogens with two attached hydrogens (primary N) is 1. The Morgan fingerprint density at radius 1 is 1.53 bits per heavy atom. The lowest BCUT2D eigenvalue weighted by Gasteiger charge is -2.45. The Morgan fingerprint density at radius 3 is 2.67 bits per heavy atom. The van der Waals surface area contributed by atoms with Gasteiger partial charge in [-0.1, -0.05) is 6.07 Å². The summed E-state index contributed by atoms with van der Waals surface area (Å²) in [6.45, 7) is 0.450. The molecule has 1 aliphatic carbocycles. The largest absolute Gasteiger partial charge is 0.393 e. The van der Waals surface area contributed by atoms with Crippen LogP contribution in [0.5, 0.6) is 0 Å². The van der Waals surface area contributed by atoms with Gasteiger partial charge in [-0.2, -0.15) is 0 Å². The van der Waals surface area contributed by atoms with E-state index in [9.17, 15) is 9.50 Å². The van der Waals surface area contributed by atoms with Crippen molar-refractivity contribution in [3.05, 3.63) is 34.1 Å². The number of hydrogen-bond acceptors (Lipinski definition) is 2. The Bertz CT molecular complexity index is 377. The summed E-state index contributed by atoms with van der Waals surface area (Å²) in [5, 5.41) is 9.34. The van der Waals surface area contributed by atoms with Crippen LogP contribution in [0.25, 0.3) is 0 Å². The van der Waals surface area contributed by atoms with E-state index >= 15 is 0 Å². The number of halogens is 2. The maximum atomic E-state index is 13.4. The van der Waals surface area contributed by atoms with Gasteiger partial charge in [0.1, 0.15) is 5.82 Å². The van der Waals surface area contributed by atoms with Gasteiger partial charge in [0, 0.05) is 12.0 Å². The van der Waals surface area contributed by atoms with E-state index < -0.39 is 0 Å². The quantitative estimate of drug-likeness (QED) is 0.865. The highest BCUT2D eigenvalue weighted by Crippen LogP contribution is 2.43. The van der Waals surface area contributed by atoms with Crippen molar-refractivity contribution in [3.63, 3.8) is 0 Å². The maximum absolute atomic E-state index is 13.4. The van der Waals surface area contributed by atoms with Gasteiger partial charge in [0.2, 0.25) is 0 Å². The van der Waals surface area contributed by atoms with Crippen LogP contribution in [0.3, 0.4) is 0 Å². The molecule has 3 N–H and O–H groups in total. The predicted octanol–water partition coefficient (Wildman–Crippen LogP) is 1.94. The molecule has 4 heteroatoms. The predicted molar refractivity (Wildman–Crippen MR) is 60.1 cm³/mol. The lowest BCUT2D eigenvalue weighted by molar-refractivity contribution is 0.0220. The fourth-order valence-corrected chi connectivity index (χ4v) is 2.44. The minimum absolute atomic E-state index is 0.221. The molecule has 0 saturated heterocycles. The lowest BCUT2D eigenvalue weighted by Crippen LogP contribution is -2.49. The molecule has 2 rings (SSSR count). The molecule has 1 saturated carbocycles. The molecular weight excluding hydrogens is 261 g/mol. The molecule has 0 bridgehead atoms. The SMILES string of the molecule is NCC1(c2ccc(Br)c(F)c2)CC(O)C1. The van der Waals surface area contributed by atoms with Crippen LogP contribution in [-0.2, 0) is 5.41 Å². The van der Waals surface area contributed by atoms with Crippen LogP contribution in [0, 0.1) is 5.82 Å². The van der Waals surface area contributed by atoms with E-state index in [4.69, 9.17) is 5.73 Å². The van der Waals surface area contributed by atoms with Crippen LogP contribution in [0.15, 0.2) is 22.7 Å². The van der Waals surface area contributed by atoms with Gasteiger partial charge in [0.05, 0.1) is 10.6 Å². The molecule has 0 spiro atoms. The number of hydrogen-bond donors (Lipinski definition) is 2. The van der Waals surface area contributed by atoms with Crippen molar-refractivity contribution in [3.8, 4) is 0 Å². The highest BCUT2D eigenvalue weighted by molar-refractivity contribution is 9.10. The van der Waals surface area contributed by atoms with Crippen molar-refractivity contribution < 1.29 is 9.50 Å². The molecule has 1 aromatic carbocycles. The molecule has 0 atom stereocenters. The Balaban J connectivity index is 2.32. The molecule has 15 heavy (non-hydrogen) atoms. The van der Waals surface area contributed by atoms with Gasteiger partial charge in [-0.15, -0.1) is 0 Å². The second-order valence-electron chi connectivity index (χ2n) is 4.18. The van der Waals surface area contributed by atoms with Crippen molar-refractivity contribution in [2.45, 2.75) is 24.4 Å². The fraction of sp³-hybridized carbons (Fsp3) is 0.455. The van der Waals surface area contributed by atoms with Crippen LogP contribution >= 0.6 is 15.9 Å². The zero-order valence-corrected chi connectivity index (χ0v) is 9.80. The van der Waals surface area contributed by atoms with E-state index in [1.807, 2.05) is 6.07 Å². The minimum atomic E-state index is -0.291. The summed E-state index contributed by atoms with van der Waals surface area (Å²) in [4.78, 5) is 0. The summed E-state index contributed by atoms with van der Waals surface area (Å²) < 4.78 is 13.8. The summed E-state index contributed by atoms with van der Waals surface area (Å²) >= 11 is 3.11. The molecular formula is C11H13BrFNO. The molecule has 0 amide bonds. The normalized spacial score (nSPS) is 30.0. The van der Waals surface area contributed by atoms with Crippen molar-refractivity contribution >= 4 is 15.9 Å². The first kappa shape index (κ1) is 11.0. The molecule has 1 fully saturated rings. The van der Waals surface area contributed by atoms with Gasteiger partial charge in [-0.05, 0) is 46.5 Å². The van der Waals surface area contributed by atoms with E-state index in [1.54, 1.807) is 6.07 Å². The van der Waals surface area contributed by atoms with Crippen molar-refractivity contribution in [2.75, 3.05) is 6.54 Å². The van der Waals surface area contributed by atoms with Crippen LogP contribution in [0.4, 0.5) is 4.39 Å². The third-order valence-corrected chi connectivity index (χ3v) is 3.82. The number of aliphatic hydroxyl groups is 1. The topological polar surface area (TPSA) is 46.2 Å². The fourth-order valence-electron chi connectivity index (χ4n) is 2.19. The van der Waals surface area contributed by atoms with E-state index in [0.29, 0.717) is 23.9 Å². The van der Waals surface area contributed by atoms with Gasteiger partial charge in [0.25, 0.3) is 0 Å². The van der Waals surface area contributed by atoms with Gasteiger partial charge < -0.3 is 10.8 Å². The average molecular weight is 274 g/mol. The molecule has 0 heterocycles. The highest BCUT2D eigenvalue weighted by Gasteiger charge is 2.43. The third-order valence-electron chi connectivity index (χ3n) is 3.18.